The molecule has 4 heteroatoms. The van der Waals surface area contributed by atoms with Crippen molar-refractivity contribution in [3.63, 3.8) is 0 Å². The maximum Gasteiger partial charge on any atom is 0.230 e. The standard InChI is InChI=1S/C17H25FN2O/c1-13-7-9-14(10-8-13)17(21)20(12-4-11-19)16-6-3-2-5-15(16)18/h2-3,5-6,13-14H,4,7-12,19H2,1H3. The van der Waals surface area contributed by atoms with Crippen LogP contribution in [-0.4, -0.2) is 19.0 Å². The molecule has 1 aliphatic rings. The van der Waals surface area contributed by atoms with E-state index in [1.165, 1.54) is 6.07 Å². The van der Waals surface area contributed by atoms with Gasteiger partial charge < -0.3 is 10.6 Å². The number of benzene rings is 1. The van der Waals surface area contributed by atoms with Gasteiger partial charge >= 0.3 is 0 Å². The molecule has 0 saturated heterocycles. The molecule has 0 atom stereocenters. The second-order valence-corrected chi connectivity index (χ2v) is 6.04. The van der Waals surface area contributed by atoms with Crippen molar-refractivity contribution in [2.75, 3.05) is 18.0 Å². The summed E-state index contributed by atoms with van der Waals surface area (Å²) in [6.45, 7) is 3.21. The smallest absolute Gasteiger partial charge is 0.230 e. The normalized spacial score (nSPS) is 22.0. The minimum atomic E-state index is -0.341. The molecule has 1 fully saturated rings. The van der Waals surface area contributed by atoms with Crippen LogP contribution in [0.1, 0.15) is 39.0 Å². The van der Waals surface area contributed by atoms with Crippen LogP contribution in [0.4, 0.5) is 10.1 Å². The third-order valence-corrected chi connectivity index (χ3v) is 4.36. The van der Waals surface area contributed by atoms with Crippen LogP contribution in [0.3, 0.4) is 0 Å². The van der Waals surface area contributed by atoms with E-state index in [1.54, 1.807) is 23.1 Å². The Morgan fingerprint density at radius 2 is 1.95 bits per heavy atom. The van der Waals surface area contributed by atoms with E-state index in [0.29, 0.717) is 31.1 Å². The molecule has 1 saturated carbocycles. The van der Waals surface area contributed by atoms with Gasteiger partial charge in [0.25, 0.3) is 0 Å². The molecule has 21 heavy (non-hydrogen) atoms. The molecule has 1 aromatic rings. The highest BCUT2D eigenvalue weighted by molar-refractivity contribution is 5.95. The van der Waals surface area contributed by atoms with Crippen LogP contribution in [0, 0.1) is 17.7 Å². The first-order valence-electron chi connectivity index (χ1n) is 7.89. The average molecular weight is 292 g/mol. The molecular weight excluding hydrogens is 267 g/mol. The lowest BCUT2D eigenvalue weighted by Gasteiger charge is -2.31. The number of carbonyl (C=O) groups excluding carboxylic acids is 1. The van der Waals surface area contributed by atoms with E-state index in [2.05, 4.69) is 6.92 Å². The molecule has 0 aliphatic heterocycles. The topological polar surface area (TPSA) is 46.3 Å². The number of nitrogens with two attached hydrogens (primary N) is 1. The Hall–Kier alpha value is -1.42. The molecule has 0 radical (unpaired) electrons. The lowest BCUT2D eigenvalue weighted by molar-refractivity contribution is -0.123. The summed E-state index contributed by atoms with van der Waals surface area (Å²) in [5.74, 6) is 0.436. The summed E-state index contributed by atoms with van der Waals surface area (Å²) in [6, 6.07) is 6.49. The van der Waals surface area contributed by atoms with Crippen LogP contribution < -0.4 is 10.6 Å². The highest BCUT2D eigenvalue weighted by atomic mass is 19.1. The first-order valence-corrected chi connectivity index (χ1v) is 7.89. The van der Waals surface area contributed by atoms with Crippen LogP contribution in [-0.2, 0) is 4.79 Å². The summed E-state index contributed by atoms with van der Waals surface area (Å²) < 4.78 is 14.0. The molecule has 116 valence electrons. The van der Waals surface area contributed by atoms with E-state index in [0.717, 1.165) is 25.7 Å². The summed E-state index contributed by atoms with van der Waals surface area (Å²) in [4.78, 5) is 14.4. The number of carbonyl (C=O) groups is 1. The SMILES string of the molecule is CC1CCC(C(=O)N(CCCN)c2ccccc2F)CC1. The molecule has 0 spiro atoms. The van der Waals surface area contributed by atoms with Crippen LogP contribution in [0.15, 0.2) is 24.3 Å². The largest absolute Gasteiger partial charge is 0.330 e. The predicted octanol–water partition coefficient (Wildman–Crippen LogP) is 3.33. The molecule has 1 aromatic carbocycles. The number of halogens is 1. The molecule has 0 bridgehead atoms. The Balaban J connectivity index is 2.15. The van der Waals surface area contributed by atoms with Gasteiger partial charge in [-0.25, -0.2) is 4.39 Å². The summed E-state index contributed by atoms with van der Waals surface area (Å²) in [5, 5.41) is 0. The lowest BCUT2D eigenvalue weighted by atomic mass is 9.82. The Kier molecular flexibility index (Phi) is 5.74. The number of para-hydroxylation sites is 1. The van der Waals surface area contributed by atoms with Crippen molar-refractivity contribution in [2.45, 2.75) is 39.0 Å². The fourth-order valence-corrected chi connectivity index (χ4v) is 3.00. The van der Waals surface area contributed by atoms with Crippen LogP contribution in [0.25, 0.3) is 0 Å². The summed E-state index contributed by atoms with van der Waals surface area (Å²) in [5.41, 5.74) is 5.94. The zero-order chi connectivity index (χ0) is 15.2. The van der Waals surface area contributed by atoms with Crippen molar-refractivity contribution in [1.29, 1.82) is 0 Å². The highest BCUT2D eigenvalue weighted by Crippen LogP contribution is 2.31. The molecule has 0 unspecified atom stereocenters. The Morgan fingerprint density at radius 1 is 1.29 bits per heavy atom. The Labute approximate surface area is 126 Å². The van der Waals surface area contributed by atoms with Gasteiger partial charge in [-0.2, -0.15) is 0 Å². The molecule has 0 aromatic heterocycles. The minimum absolute atomic E-state index is 0.0265. The van der Waals surface area contributed by atoms with Gasteiger partial charge in [0, 0.05) is 12.5 Å². The van der Waals surface area contributed by atoms with Crippen molar-refractivity contribution >= 4 is 11.6 Å². The predicted molar refractivity (Wildman–Crippen MR) is 83.5 cm³/mol. The zero-order valence-corrected chi connectivity index (χ0v) is 12.7. The number of rotatable bonds is 5. The Bertz CT molecular complexity index is 470. The van der Waals surface area contributed by atoms with Crippen molar-refractivity contribution in [3.05, 3.63) is 30.1 Å². The fraction of sp³-hybridized carbons (Fsp3) is 0.588. The van der Waals surface area contributed by atoms with E-state index in [9.17, 15) is 9.18 Å². The quantitative estimate of drug-likeness (QED) is 0.904. The maximum atomic E-state index is 14.0. The monoisotopic (exact) mass is 292 g/mol. The van der Waals surface area contributed by atoms with Gasteiger partial charge in [0.05, 0.1) is 5.69 Å². The van der Waals surface area contributed by atoms with E-state index >= 15 is 0 Å². The number of hydrogen-bond donors (Lipinski definition) is 1. The number of anilines is 1. The third-order valence-electron chi connectivity index (χ3n) is 4.36. The molecule has 1 aliphatic carbocycles. The van der Waals surface area contributed by atoms with Gasteiger partial charge in [-0.1, -0.05) is 19.1 Å². The van der Waals surface area contributed by atoms with Gasteiger partial charge in [0.15, 0.2) is 0 Å². The first kappa shape index (κ1) is 16.0. The molecule has 2 N–H and O–H groups in total. The second kappa shape index (κ2) is 7.55. The van der Waals surface area contributed by atoms with Crippen LogP contribution in [0.5, 0.6) is 0 Å². The molecule has 0 heterocycles. The number of nitrogens with zero attached hydrogens (tertiary/aromatic N) is 1. The highest BCUT2D eigenvalue weighted by Gasteiger charge is 2.29. The van der Waals surface area contributed by atoms with Gasteiger partial charge in [0.2, 0.25) is 5.91 Å². The lowest BCUT2D eigenvalue weighted by Crippen LogP contribution is -2.39. The van der Waals surface area contributed by atoms with Crippen molar-refractivity contribution in [3.8, 4) is 0 Å². The Morgan fingerprint density at radius 3 is 2.57 bits per heavy atom. The average Bonchev–Trinajstić information content (AvgIpc) is 2.50. The number of amides is 1. The summed E-state index contributed by atoms with van der Waals surface area (Å²) in [7, 11) is 0. The van der Waals surface area contributed by atoms with Gasteiger partial charge in [-0.15, -0.1) is 0 Å². The first-order chi connectivity index (χ1) is 10.1. The minimum Gasteiger partial charge on any atom is -0.330 e. The summed E-state index contributed by atoms with van der Waals surface area (Å²) in [6.07, 6.45) is 4.67. The molecular formula is C17H25FN2O. The summed E-state index contributed by atoms with van der Waals surface area (Å²) >= 11 is 0. The van der Waals surface area contributed by atoms with E-state index in [-0.39, 0.29) is 17.6 Å². The third kappa shape index (κ3) is 4.03. The molecule has 1 amide bonds. The van der Waals surface area contributed by atoms with Crippen molar-refractivity contribution in [2.24, 2.45) is 17.6 Å². The zero-order valence-electron chi connectivity index (χ0n) is 12.7. The van der Waals surface area contributed by atoms with Crippen LogP contribution in [0.2, 0.25) is 0 Å². The van der Waals surface area contributed by atoms with Crippen LogP contribution >= 0.6 is 0 Å². The van der Waals surface area contributed by atoms with Crippen molar-refractivity contribution < 1.29 is 9.18 Å². The number of hydrogen-bond acceptors (Lipinski definition) is 2. The van der Waals surface area contributed by atoms with Gasteiger partial charge in [-0.3, -0.25) is 4.79 Å². The van der Waals surface area contributed by atoms with E-state index in [1.807, 2.05) is 0 Å². The van der Waals surface area contributed by atoms with Crippen molar-refractivity contribution in [1.82, 2.24) is 0 Å². The fourth-order valence-electron chi connectivity index (χ4n) is 3.00. The second-order valence-electron chi connectivity index (χ2n) is 6.04. The van der Waals surface area contributed by atoms with E-state index in [4.69, 9.17) is 5.73 Å². The van der Waals surface area contributed by atoms with Gasteiger partial charge in [0.1, 0.15) is 5.82 Å². The maximum absolute atomic E-state index is 14.0. The van der Waals surface area contributed by atoms with E-state index < -0.39 is 0 Å². The van der Waals surface area contributed by atoms with Gasteiger partial charge in [-0.05, 0) is 56.7 Å². The molecule has 3 nitrogen and oxygen atoms in total. The molecule has 2 rings (SSSR count).